The molecule has 4 rings (SSSR count). The third-order valence-corrected chi connectivity index (χ3v) is 7.39. The fourth-order valence-corrected chi connectivity index (χ4v) is 5.37. The molecule has 1 saturated carbocycles. The molecule has 7 heteroatoms. The number of amides is 2. The summed E-state index contributed by atoms with van der Waals surface area (Å²) in [6, 6.07) is 16.0. The van der Waals surface area contributed by atoms with E-state index in [-0.39, 0.29) is 42.7 Å². The third kappa shape index (κ3) is 5.66. The van der Waals surface area contributed by atoms with Crippen molar-refractivity contribution in [3.8, 4) is 11.1 Å². The maximum atomic E-state index is 12.7. The largest absolute Gasteiger partial charge is 0.481 e. The Hall–Kier alpha value is -3.35. The Labute approximate surface area is 206 Å². The molecule has 2 aromatic rings. The zero-order chi connectivity index (χ0) is 24.9. The Morgan fingerprint density at radius 1 is 1.00 bits per heavy atom. The van der Waals surface area contributed by atoms with Crippen molar-refractivity contribution in [1.29, 1.82) is 0 Å². The van der Waals surface area contributed by atoms with Crippen molar-refractivity contribution in [1.82, 2.24) is 10.6 Å². The molecule has 0 aromatic heterocycles. The number of fused-ring (bicyclic) bond motifs is 3. The smallest absolute Gasteiger partial charge is 0.407 e. The predicted octanol–water partition coefficient (Wildman–Crippen LogP) is 4.56. The second kappa shape index (κ2) is 10.9. The van der Waals surface area contributed by atoms with E-state index in [2.05, 4.69) is 34.9 Å². The average molecular weight is 479 g/mol. The first-order valence-electron chi connectivity index (χ1n) is 12.5. The molecule has 3 N–H and O–H groups in total. The van der Waals surface area contributed by atoms with Crippen molar-refractivity contribution >= 4 is 18.0 Å². The lowest BCUT2D eigenvalue weighted by Gasteiger charge is -2.23. The van der Waals surface area contributed by atoms with Crippen molar-refractivity contribution in [2.45, 2.75) is 51.5 Å². The normalized spacial score (nSPS) is 19.6. The van der Waals surface area contributed by atoms with Crippen LogP contribution >= 0.6 is 0 Å². The van der Waals surface area contributed by atoms with Crippen LogP contribution in [0.4, 0.5) is 4.79 Å². The number of rotatable bonds is 9. The molecule has 0 radical (unpaired) electrons. The Balaban J connectivity index is 1.30. The molecule has 7 nitrogen and oxygen atoms in total. The zero-order valence-corrected chi connectivity index (χ0v) is 20.3. The lowest BCUT2D eigenvalue weighted by atomic mass is 9.96. The fraction of sp³-hybridized carbons (Fsp3) is 0.464. The summed E-state index contributed by atoms with van der Waals surface area (Å²) in [5, 5.41) is 15.1. The zero-order valence-electron chi connectivity index (χ0n) is 20.3. The van der Waals surface area contributed by atoms with Gasteiger partial charge in [0.25, 0.3) is 0 Å². The summed E-state index contributed by atoms with van der Waals surface area (Å²) >= 11 is 0. The molecule has 0 unspecified atom stereocenters. The minimum Gasteiger partial charge on any atom is -0.481 e. The SMILES string of the molecule is CC(C)[C@H](CC(=O)NC[C@H]1CCC[C@H]1C(=O)O)NC(=O)OCC1c2ccccc2-c2ccccc21. The van der Waals surface area contributed by atoms with Crippen molar-refractivity contribution < 1.29 is 24.2 Å². The second-order valence-corrected chi connectivity index (χ2v) is 9.96. The van der Waals surface area contributed by atoms with Crippen molar-refractivity contribution in [3.63, 3.8) is 0 Å². The van der Waals surface area contributed by atoms with E-state index in [1.54, 1.807) is 0 Å². The summed E-state index contributed by atoms with van der Waals surface area (Å²) in [5.41, 5.74) is 4.63. The van der Waals surface area contributed by atoms with E-state index >= 15 is 0 Å². The molecule has 1 fully saturated rings. The third-order valence-electron chi connectivity index (χ3n) is 7.39. The van der Waals surface area contributed by atoms with Gasteiger partial charge in [-0.3, -0.25) is 9.59 Å². The molecule has 0 bridgehead atoms. The average Bonchev–Trinajstić information content (AvgIpc) is 3.44. The van der Waals surface area contributed by atoms with E-state index < -0.39 is 18.0 Å². The van der Waals surface area contributed by atoms with Crippen LogP contribution in [0.15, 0.2) is 48.5 Å². The first kappa shape index (κ1) is 24.8. The predicted molar refractivity (Wildman–Crippen MR) is 133 cm³/mol. The van der Waals surface area contributed by atoms with E-state index in [9.17, 15) is 19.5 Å². The number of carbonyl (C=O) groups excluding carboxylic acids is 2. The van der Waals surface area contributed by atoms with Gasteiger partial charge in [-0.15, -0.1) is 0 Å². The highest BCUT2D eigenvalue weighted by atomic mass is 16.5. The van der Waals surface area contributed by atoms with Crippen LogP contribution < -0.4 is 10.6 Å². The van der Waals surface area contributed by atoms with Crippen molar-refractivity contribution in [2.75, 3.05) is 13.2 Å². The highest BCUT2D eigenvalue weighted by molar-refractivity contribution is 5.80. The molecule has 0 heterocycles. The molecule has 186 valence electrons. The number of benzene rings is 2. The van der Waals surface area contributed by atoms with Gasteiger partial charge in [-0.1, -0.05) is 68.8 Å². The number of aliphatic carboxylic acids is 1. The monoisotopic (exact) mass is 478 g/mol. The lowest BCUT2D eigenvalue weighted by Crippen LogP contribution is -2.43. The number of carboxylic acid groups (broad SMARTS) is 1. The summed E-state index contributed by atoms with van der Waals surface area (Å²) in [4.78, 5) is 36.6. The van der Waals surface area contributed by atoms with Gasteiger partial charge in [0.15, 0.2) is 0 Å². The van der Waals surface area contributed by atoms with Gasteiger partial charge in [0.1, 0.15) is 6.61 Å². The van der Waals surface area contributed by atoms with E-state index in [0.717, 1.165) is 24.0 Å². The number of carboxylic acids is 1. The molecule has 2 aliphatic rings. The van der Waals surface area contributed by atoms with Crippen LogP contribution in [0.25, 0.3) is 11.1 Å². The van der Waals surface area contributed by atoms with Gasteiger partial charge < -0.3 is 20.5 Å². The van der Waals surface area contributed by atoms with E-state index in [1.165, 1.54) is 11.1 Å². The van der Waals surface area contributed by atoms with Gasteiger partial charge in [0, 0.05) is 24.9 Å². The number of alkyl carbamates (subject to hydrolysis) is 1. The van der Waals surface area contributed by atoms with Crippen LogP contribution in [0.3, 0.4) is 0 Å². The molecule has 35 heavy (non-hydrogen) atoms. The highest BCUT2D eigenvalue weighted by Gasteiger charge is 2.33. The fourth-order valence-electron chi connectivity index (χ4n) is 5.37. The number of carbonyl (C=O) groups is 3. The quantitative estimate of drug-likeness (QED) is 0.490. The van der Waals surface area contributed by atoms with Crippen LogP contribution in [0.2, 0.25) is 0 Å². The molecule has 2 aliphatic carbocycles. The van der Waals surface area contributed by atoms with Crippen molar-refractivity contribution in [2.24, 2.45) is 17.8 Å². The molecule has 0 aliphatic heterocycles. The van der Waals surface area contributed by atoms with Gasteiger partial charge >= 0.3 is 12.1 Å². The second-order valence-electron chi connectivity index (χ2n) is 9.96. The van der Waals surface area contributed by atoms with Gasteiger partial charge in [-0.05, 0) is 46.9 Å². The van der Waals surface area contributed by atoms with Crippen LogP contribution in [-0.2, 0) is 14.3 Å². The van der Waals surface area contributed by atoms with Crippen molar-refractivity contribution in [3.05, 3.63) is 59.7 Å². The first-order chi connectivity index (χ1) is 16.8. The number of ether oxygens (including phenoxy) is 1. The molecule has 3 atom stereocenters. The molecule has 0 spiro atoms. The summed E-state index contributed by atoms with van der Waals surface area (Å²) in [6.07, 6.45) is 1.92. The summed E-state index contributed by atoms with van der Waals surface area (Å²) in [5.74, 6) is -1.42. The molecular formula is C28H34N2O5. The Morgan fingerprint density at radius 2 is 1.63 bits per heavy atom. The number of hydrogen-bond acceptors (Lipinski definition) is 4. The first-order valence-corrected chi connectivity index (χ1v) is 12.5. The molecule has 0 saturated heterocycles. The van der Waals surface area contributed by atoms with Crippen LogP contribution in [-0.4, -0.2) is 42.3 Å². The summed E-state index contributed by atoms with van der Waals surface area (Å²) < 4.78 is 5.64. The molecule has 2 amide bonds. The van der Waals surface area contributed by atoms with Gasteiger partial charge in [0.2, 0.25) is 5.91 Å². The maximum Gasteiger partial charge on any atom is 0.407 e. The lowest BCUT2D eigenvalue weighted by molar-refractivity contribution is -0.143. The number of hydrogen-bond donors (Lipinski definition) is 3. The Morgan fingerprint density at radius 3 is 2.23 bits per heavy atom. The van der Waals surface area contributed by atoms with E-state index in [4.69, 9.17) is 4.74 Å². The van der Waals surface area contributed by atoms with Gasteiger partial charge in [-0.2, -0.15) is 0 Å². The van der Waals surface area contributed by atoms with Gasteiger partial charge in [-0.25, -0.2) is 4.79 Å². The maximum absolute atomic E-state index is 12.7. The van der Waals surface area contributed by atoms with Crippen LogP contribution in [0.5, 0.6) is 0 Å². The minimum atomic E-state index is -0.793. The van der Waals surface area contributed by atoms with E-state index in [0.29, 0.717) is 13.0 Å². The topological polar surface area (TPSA) is 105 Å². The van der Waals surface area contributed by atoms with Gasteiger partial charge in [0.05, 0.1) is 5.92 Å². The molecular weight excluding hydrogens is 444 g/mol. The standard InChI is InChI=1S/C28H34N2O5/c1-17(2)25(14-26(31)29-15-18-8-7-13-19(18)27(32)33)30-28(34)35-16-24-22-11-5-3-9-20(22)21-10-4-6-12-23(21)24/h3-6,9-12,17-19,24-25H,7-8,13-16H2,1-2H3,(H,29,31)(H,30,34)(H,32,33)/t18-,19-,25+/m1/s1. The summed E-state index contributed by atoms with van der Waals surface area (Å²) in [7, 11) is 0. The number of nitrogens with one attached hydrogen (secondary N) is 2. The summed E-state index contributed by atoms with van der Waals surface area (Å²) in [6.45, 7) is 4.46. The highest BCUT2D eigenvalue weighted by Crippen LogP contribution is 2.44. The Bertz CT molecular complexity index is 1040. The van der Waals surface area contributed by atoms with E-state index in [1.807, 2.05) is 38.1 Å². The Kier molecular flexibility index (Phi) is 7.73. The van der Waals surface area contributed by atoms with Crippen LogP contribution in [0, 0.1) is 17.8 Å². The minimum absolute atomic E-state index is 0.0254. The van der Waals surface area contributed by atoms with Crippen LogP contribution in [0.1, 0.15) is 56.6 Å². The molecule has 2 aromatic carbocycles.